The van der Waals surface area contributed by atoms with Crippen LogP contribution in [0, 0.1) is 6.92 Å². The SMILES string of the molecule is C/C(=N\NC(=O)CSc1nnc(-c2ccccc2)n1-c1ccc(C)cc1)c1ccco1. The number of aryl methyl sites for hydroxylation is 1. The Morgan fingerprint density at radius 1 is 1.06 bits per heavy atom. The molecule has 0 saturated carbocycles. The molecule has 4 rings (SSSR count). The lowest BCUT2D eigenvalue weighted by Crippen LogP contribution is -2.21. The first kappa shape index (κ1) is 20.6. The van der Waals surface area contributed by atoms with Crippen LogP contribution in [0.2, 0.25) is 0 Å². The number of furan rings is 1. The number of hydrogen-bond donors (Lipinski definition) is 1. The van der Waals surface area contributed by atoms with Crippen LogP contribution < -0.4 is 5.43 Å². The van der Waals surface area contributed by atoms with Crippen molar-refractivity contribution in [2.24, 2.45) is 5.10 Å². The molecule has 0 bridgehead atoms. The average molecular weight is 432 g/mol. The zero-order chi connectivity index (χ0) is 21.6. The molecule has 1 N–H and O–H groups in total. The van der Waals surface area contributed by atoms with Crippen molar-refractivity contribution >= 4 is 23.4 Å². The molecule has 0 aliphatic carbocycles. The van der Waals surface area contributed by atoms with Crippen LogP contribution in [0.1, 0.15) is 18.2 Å². The summed E-state index contributed by atoms with van der Waals surface area (Å²) in [6, 6.07) is 21.5. The molecule has 7 nitrogen and oxygen atoms in total. The lowest BCUT2D eigenvalue weighted by atomic mass is 10.2. The molecule has 2 aromatic heterocycles. The van der Waals surface area contributed by atoms with Crippen LogP contribution >= 0.6 is 11.8 Å². The van der Waals surface area contributed by atoms with E-state index in [1.807, 2.05) is 66.1 Å². The third-order valence-electron chi connectivity index (χ3n) is 4.52. The highest BCUT2D eigenvalue weighted by atomic mass is 32.2. The molecule has 0 radical (unpaired) electrons. The molecule has 0 fully saturated rings. The van der Waals surface area contributed by atoms with Crippen LogP contribution in [-0.2, 0) is 4.79 Å². The third-order valence-corrected chi connectivity index (χ3v) is 5.44. The summed E-state index contributed by atoms with van der Waals surface area (Å²) in [5.74, 6) is 1.24. The van der Waals surface area contributed by atoms with Gasteiger partial charge in [-0.25, -0.2) is 5.43 Å². The zero-order valence-corrected chi connectivity index (χ0v) is 18.0. The van der Waals surface area contributed by atoms with Gasteiger partial charge in [-0.1, -0.05) is 59.8 Å². The summed E-state index contributed by atoms with van der Waals surface area (Å²) >= 11 is 1.30. The second-order valence-electron chi connectivity index (χ2n) is 6.84. The molecule has 1 amide bonds. The number of rotatable bonds is 7. The van der Waals surface area contributed by atoms with Crippen molar-refractivity contribution in [3.63, 3.8) is 0 Å². The molecular weight excluding hydrogens is 410 g/mol. The van der Waals surface area contributed by atoms with Crippen LogP contribution in [0.3, 0.4) is 0 Å². The minimum atomic E-state index is -0.240. The van der Waals surface area contributed by atoms with Gasteiger partial charge in [0.2, 0.25) is 0 Å². The van der Waals surface area contributed by atoms with E-state index in [0.717, 1.165) is 22.6 Å². The van der Waals surface area contributed by atoms with E-state index in [-0.39, 0.29) is 11.7 Å². The number of nitrogens with zero attached hydrogens (tertiary/aromatic N) is 4. The van der Waals surface area contributed by atoms with E-state index in [2.05, 4.69) is 20.7 Å². The van der Waals surface area contributed by atoms with Gasteiger partial charge in [-0.05, 0) is 38.1 Å². The quantitative estimate of drug-likeness (QED) is 0.265. The van der Waals surface area contributed by atoms with E-state index in [1.165, 1.54) is 11.8 Å². The first-order valence-electron chi connectivity index (χ1n) is 9.69. The highest BCUT2D eigenvalue weighted by Gasteiger charge is 2.17. The molecule has 0 aliphatic heterocycles. The van der Waals surface area contributed by atoms with E-state index in [9.17, 15) is 4.79 Å². The Balaban J connectivity index is 1.54. The Morgan fingerprint density at radius 2 is 1.84 bits per heavy atom. The van der Waals surface area contributed by atoms with E-state index in [0.29, 0.717) is 16.6 Å². The topological polar surface area (TPSA) is 85.3 Å². The summed E-state index contributed by atoms with van der Waals surface area (Å²) in [5.41, 5.74) is 6.20. The van der Waals surface area contributed by atoms with Crippen molar-refractivity contribution in [3.8, 4) is 17.1 Å². The molecule has 31 heavy (non-hydrogen) atoms. The molecule has 0 aliphatic rings. The predicted molar refractivity (Wildman–Crippen MR) is 121 cm³/mol. The Kier molecular flexibility index (Phi) is 6.28. The van der Waals surface area contributed by atoms with E-state index >= 15 is 0 Å². The maximum absolute atomic E-state index is 12.3. The van der Waals surface area contributed by atoms with Crippen LogP contribution in [-0.4, -0.2) is 32.1 Å². The second kappa shape index (κ2) is 9.44. The van der Waals surface area contributed by atoms with Crippen molar-refractivity contribution in [3.05, 3.63) is 84.3 Å². The molecule has 2 aromatic carbocycles. The summed E-state index contributed by atoms with van der Waals surface area (Å²) in [6.45, 7) is 3.81. The summed E-state index contributed by atoms with van der Waals surface area (Å²) < 4.78 is 7.23. The maximum Gasteiger partial charge on any atom is 0.250 e. The van der Waals surface area contributed by atoms with Crippen molar-refractivity contribution in [2.45, 2.75) is 19.0 Å². The molecule has 156 valence electrons. The van der Waals surface area contributed by atoms with Gasteiger partial charge in [-0.3, -0.25) is 9.36 Å². The van der Waals surface area contributed by atoms with Crippen LogP contribution in [0.4, 0.5) is 0 Å². The van der Waals surface area contributed by atoms with Gasteiger partial charge in [0.05, 0.1) is 12.0 Å². The van der Waals surface area contributed by atoms with E-state index in [1.54, 1.807) is 25.3 Å². The van der Waals surface area contributed by atoms with Gasteiger partial charge in [0.15, 0.2) is 11.0 Å². The van der Waals surface area contributed by atoms with Crippen molar-refractivity contribution in [1.82, 2.24) is 20.2 Å². The fourth-order valence-corrected chi connectivity index (χ4v) is 3.66. The van der Waals surface area contributed by atoms with Gasteiger partial charge in [-0.15, -0.1) is 10.2 Å². The minimum Gasteiger partial charge on any atom is -0.463 e. The van der Waals surface area contributed by atoms with E-state index in [4.69, 9.17) is 4.42 Å². The largest absolute Gasteiger partial charge is 0.463 e. The number of benzene rings is 2. The Labute approximate surface area is 184 Å². The van der Waals surface area contributed by atoms with Gasteiger partial charge in [0.1, 0.15) is 11.5 Å². The number of hydrogen-bond acceptors (Lipinski definition) is 6. The number of amides is 1. The second-order valence-corrected chi connectivity index (χ2v) is 7.78. The van der Waals surface area contributed by atoms with Crippen LogP contribution in [0.5, 0.6) is 0 Å². The Morgan fingerprint density at radius 3 is 2.55 bits per heavy atom. The first-order valence-corrected chi connectivity index (χ1v) is 10.7. The maximum atomic E-state index is 12.3. The number of carbonyl (C=O) groups excluding carboxylic acids is 1. The highest BCUT2D eigenvalue weighted by molar-refractivity contribution is 7.99. The number of thioether (sulfide) groups is 1. The monoisotopic (exact) mass is 431 g/mol. The highest BCUT2D eigenvalue weighted by Crippen LogP contribution is 2.28. The first-order chi connectivity index (χ1) is 15.1. The van der Waals surface area contributed by atoms with Gasteiger partial charge >= 0.3 is 0 Å². The molecule has 4 aromatic rings. The van der Waals surface area contributed by atoms with Crippen LogP contribution in [0.25, 0.3) is 17.1 Å². The summed E-state index contributed by atoms with van der Waals surface area (Å²) in [7, 11) is 0. The molecular formula is C23H21N5O2S. The predicted octanol–water partition coefficient (Wildman–Crippen LogP) is 4.47. The third kappa shape index (κ3) is 4.92. The molecule has 0 saturated heterocycles. The van der Waals surface area contributed by atoms with Gasteiger partial charge in [0.25, 0.3) is 5.91 Å². The normalized spacial score (nSPS) is 11.5. The smallest absolute Gasteiger partial charge is 0.250 e. The Bertz CT molecular complexity index is 1180. The summed E-state index contributed by atoms with van der Waals surface area (Å²) in [4.78, 5) is 12.3. The van der Waals surface area contributed by atoms with Crippen LogP contribution in [0.15, 0.2) is 87.7 Å². The fraction of sp³-hybridized carbons (Fsp3) is 0.130. The Hall–Kier alpha value is -3.65. The molecule has 0 atom stereocenters. The summed E-state index contributed by atoms with van der Waals surface area (Å²) in [5, 5.41) is 13.5. The fourth-order valence-electron chi connectivity index (χ4n) is 2.91. The minimum absolute atomic E-state index is 0.147. The molecule has 2 heterocycles. The lowest BCUT2D eigenvalue weighted by Gasteiger charge is -2.10. The summed E-state index contributed by atoms with van der Waals surface area (Å²) in [6.07, 6.45) is 1.56. The van der Waals surface area contributed by atoms with E-state index < -0.39 is 0 Å². The molecule has 8 heteroatoms. The van der Waals surface area contributed by atoms with Crippen molar-refractivity contribution in [2.75, 3.05) is 5.75 Å². The molecule has 0 unspecified atom stereocenters. The lowest BCUT2D eigenvalue weighted by molar-refractivity contribution is -0.118. The van der Waals surface area contributed by atoms with Gasteiger partial charge in [-0.2, -0.15) is 5.10 Å². The number of aromatic nitrogens is 3. The standard InChI is InChI=1S/C23H21N5O2S/c1-16-10-12-19(13-11-16)28-22(18-7-4-3-5-8-18)26-27-23(28)31-15-21(29)25-24-17(2)20-9-6-14-30-20/h3-14H,15H2,1-2H3,(H,25,29)/b24-17+. The molecule has 0 spiro atoms. The number of hydrazone groups is 1. The average Bonchev–Trinajstić information content (AvgIpc) is 3.48. The zero-order valence-electron chi connectivity index (χ0n) is 17.1. The van der Waals surface area contributed by atoms with Gasteiger partial charge in [0, 0.05) is 11.3 Å². The van der Waals surface area contributed by atoms with Crippen molar-refractivity contribution in [1.29, 1.82) is 0 Å². The van der Waals surface area contributed by atoms with Crippen molar-refractivity contribution < 1.29 is 9.21 Å². The van der Waals surface area contributed by atoms with Gasteiger partial charge < -0.3 is 4.42 Å². The number of carbonyl (C=O) groups is 1. The number of nitrogens with one attached hydrogen (secondary N) is 1.